The van der Waals surface area contributed by atoms with E-state index in [2.05, 4.69) is 130 Å². The summed E-state index contributed by atoms with van der Waals surface area (Å²) in [4.78, 5) is 7.41. The molecule has 0 radical (unpaired) electrons. The summed E-state index contributed by atoms with van der Waals surface area (Å²) in [6.07, 6.45) is 0. The number of anilines is 2. The van der Waals surface area contributed by atoms with E-state index in [1.165, 1.54) is 17.5 Å². The predicted molar refractivity (Wildman–Crippen MR) is 304 cm³/mol. The Kier molecular flexibility index (Phi) is 19.3. The lowest BCUT2D eigenvalue weighted by Gasteiger charge is -2.39. The summed E-state index contributed by atoms with van der Waals surface area (Å²) in [7, 11) is -2.03. The van der Waals surface area contributed by atoms with E-state index >= 15 is 0 Å². The van der Waals surface area contributed by atoms with Crippen LogP contribution in [0.4, 0.5) is 11.6 Å². The fourth-order valence-electron chi connectivity index (χ4n) is 9.52. The molecule has 2 aromatic heterocycles. The highest BCUT2D eigenvalue weighted by Crippen LogP contribution is 2.34. The van der Waals surface area contributed by atoms with Crippen LogP contribution in [0.5, 0.6) is 0 Å². The number of hydrogen-bond donors (Lipinski definition) is 1. The average Bonchev–Trinajstić information content (AvgIpc) is 3.42. The van der Waals surface area contributed by atoms with Gasteiger partial charge in [-0.05, 0) is 72.4 Å². The minimum Gasteiger partial charge on any atom is -0.352 e. The zero-order chi connectivity index (χ0) is 52.8. The molecule has 0 spiro atoms. The Morgan fingerprint density at radius 3 is 1.32 bits per heavy atom. The maximum absolute atomic E-state index is 13.1. The van der Waals surface area contributed by atoms with E-state index in [4.69, 9.17) is 10.7 Å². The first-order valence-electron chi connectivity index (χ1n) is 25.3. The summed E-state index contributed by atoms with van der Waals surface area (Å²) in [6.45, 7) is 20.9. The molecule has 0 saturated carbocycles. The number of halogens is 1. The second-order valence-electron chi connectivity index (χ2n) is 18.9. The van der Waals surface area contributed by atoms with Crippen LogP contribution < -0.4 is 15.1 Å². The number of hydrogen-bond acceptors (Lipinski definition) is 12. The Morgan fingerprint density at radius 2 is 0.946 bits per heavy atom. The van der Waals surface area contributed by atoms with E-state index in [0.29, 0.717) is 42.7 Å². The smallest absolute Gasteiger partial charge is 0.261 e. The summed E-state index contributed by atoms with van der Waals surface area (Å²) in [5.74, 6) is 1.79. The van der Waals surface area contributed by atoms with E-state index in [-0.39, 0.29) is 10.9 Å². The van der Waals surface area contributed by atoms with Crippen LogP contribution in [0.25, 0.3) is 44.1 Å². The van der Waals surface area contributed by atoms with E-state index < -0.39 is 19.1 Å². The summed E-state index contributed by atoms with van der Waals surface area (Å²) in [6, 6.07) is 55.0. The lowest BCUT2D eigenvalue weighted by atomic mass is 10.0. The summed E-state index contributed by atoms with van der Waals surface area (Å²) in [5, 5.41) is 26.2. The van der Waals surface area contributed by atoms with Crippen molar-refractivity contribution in [2.45, 2.75) is 82.4 Å². The van der Waals surface area contributed by atoms with Crippen molar-refractivity contribution >= 4 is 62.9 Å². The van der Waals surface area contributed by atoms with E-state index in [9.17, 15) is 16.8 Å². The molecule has 388 valence electrons. The van der Waals surface area contributed by atoms with Crippen LogP contribution in [-0.4, -0.2) is 116 Å². The number of benzene rings is 6. The second kappa shape index (κ2) is 25.7. The Bertz CT molecular complexity index is 3260. The molecule has 0 bridgehead atoms. The Labute approximate surface area is 442 Å². The van der Waals surface area contributed by atoms with Gasteiger partial charge in [-0.25, -0.2) is 16.8 Å². The van der Waals surface area contributed by atoms with Crippen molar-refractivity contribution in [1.29, 1.82) is 0 Å². The average molecular weight is 1050 g/mol. The highest BCUT2D eigenvalue weighted by atomic mass is 35.7. The van der Waals surface area contributed by atoms with Crippen molar-refractivity contribution in [2.75, 3.05) is 55.6 Å². The first kappa shape index (κ1) is 55.4. The second-order valence-corrected chi connectivity index (χ2v) is 23.3. The number of nitrogens with zero attached hydrogens (tertiary/aromatic N) is 8. The van der Waals surface area contributed by atoms with Crippen LogP contribution in [0.15, 0.2) is 180 Å². The molecule has 2 atom stereocenters. The van der Waals surface area contributed by atoms with Gasteiger partial charge in [-0.3, -0.25) is 4.90 Å². The third kappa shape index (κ3) is 13.9. The van der Waals surface area contributed by atoms with Crippen LogP contribution in [0.1, 0.15) is 48.5 Å². The van der Waals surface area contributed by atoms with E-state index in [0.717, 1.165) is 76.5 Å². The molecule has 1 N–H and O–H groups in total. The molecule has 2 fully saturated rings. The van der Waals surface area contributed by atoms with Gasteiger partial charge in [0.05, 0.1) is 9.79 Å². The van der Waals surface area contributed by atoms with E-state index in [1.54, 1.807) is 46.8 Å². The van der Waals surface area contributed by atoms with Crippen molar-refractivity contribution in [3.63, 3.8) is 0 Å². The first-order chi connectivity index (χ1) is 35.6. The maximum Gasteiger partial charge on any atom is 0.261 e. The highest BCUT2D eigenvalue weighted by molar-refractivity contribution is 8.13. The standard InChI is InChI=1S/C25H24N4O2S.C19H20N4.C8H19N.C6H5ClO2S/c1-19-18-28(16-17-29(19)32(30,31)21-12-6-3-7-13-21)25-23-15-9-8-14-22(23)24(26-27-25)20-10-4-2-5-11-20;1-14-13-23(12-11-20-14)19-17-10-6-5-9-16(17)18(21-22-19)15-7-3-2-4-8-15;1-6-9(7(2)3)8(4)5;7-10(8,9)6-4-2-1-3-5-6/h2-15,19H,16-18H2,1H3;2-10,14,20H,11-13H2,1H3;7-8H,6H2,1-5H3;1-5H/t19-;14-;;/m00../s1. The molecule has 10 rings (SSSR count). The number of sulfonamides is 1. The predicted octanol–water partition coefficient (Wildman–Crippen LogP) is 11.0. The quantitative estimate of drug-likeness (QED) is 0.130. The third-order valence-electron chi connectivity index (χ3n) is 13.0. The molecule has 13 nitrogen and oxygen atoms in total. The van der Waals surface area contributed by atoms with Gasteiger partial charge in [0.25, 0.3) is 9.05 Å². The fraction of sp³-hybridized carbons (Fsp3) is 0.310. The van der Waals surface area contributed by atoms with Gasteiger partial charge in [0.15, 0.2) is 11.6 Å². The summed E-state index contributed by atoms with van der Waals surface area (Å²) >= 11 is 0. The number of fused-ring (bicyclic) bond motifs is 2. The van der Waals surface area contributed by atoms with Crippen molar-refractivity contribution in [3.05, 3.63) is 170 Å². The molecule has 8 aromatic rings. The van der Waals surface area contributed by atoms with Gasteiger partial charge in [0.2, 0.25) is 10.0 Å². The number of aromatic nitrogens is 4. The highest BCUT2D eigenvalue weighted by Gasteiger charge is 2.35. The Balaban J connectivity index is 0.000000165. The zero-order valence-corrected chi connectivity index (χ0v) is 45.7. The molecule has 16 heteroatoms. The Morgan fingerprint density at radius 1 is 0.541 bits per heavy atom. The molecular weight excluding hydrogens is 986 g/mol. The van der Waals surface area contributed by atoms with Crippen molar-refractivity contribution < 1.29 is 16.8 Å². The summed E-state index contributed by atoms with van der Waals surface area (Å²) in [5.41, 5.74) is 3.93. The monoisotopic (exact) mass is 1050 g/mol. The number of rotatable bonds is 10. The van der Waals surface area contributed by atoms with Gasteiger partial charge in [-0.1, -0.05) is 153 Å². The van der Waals surface area contributed by atoms with Crippen LogP contribution in [0.3, 0.4) is 0 Å². The molecule has 2 saturated heterocycles. The van der Waals surface area contributed by atoms with Gasteiger partial charge in [-0.2, -0.15) is 4.31 Å². The van der Waals surface area contributed by atoms with Gasteiger partial charge >= 0.3 is 0 Å². The third-order valence-corrected chi connectivity index (χ3v) is 16.4. The van der Waals surface area contributed by atoms with Crippen LogP contribution >= 0.6 is 10.7 Å². The molecule has 0 unspecified atom stereocenters. The maximum atomic E-state index is 13.1. The van der Waals surface area contributed by atoms with Gasteiger partial charge in [0.1, 0.15) is 11.4 Å². The molecular formula is C58H68ClN9O4S2. The van der Waals surface area contributed by atoms with Crippen LogP contribution in [0.2, 0.25) is 0 Å². The normalized spacial score (nSPS) is 16.3. The number of piperazine rings is 2. The minimum atomic E-state index is -3.53. The molecule has 4 heterocycles. The van der Waals surface area contributed by atoms with Crippen molar-refractivity contribution in [1.82, 2.24) is 34.9 Å². The minimum absolute atomic E-state index is 0.136. The van der Waals surface area contributed by atoms with Gasteiger partial charge in [0, 0.05) is 107 Å². The fourth-order valence-corrected chi connectivity index (χ4v) is 11.9. The van der Waals surface area contributed by atoms with Gasteiger partial charge in [-0.15, -0.1) is 20.4 Å². The topological polar surface area (TPSA) is 145 Å². The molecule has 74 heavy (non-hydrogen) atoms. The lowest BCUT2D eigenvalue weighted by molar-refractivity contribution is 0.185. The van der Waals surface area contributed by atoms with Crippen LogP contribution in [0, 0.1) is 0 Å². The SMILES string of the molecule is CCN(C(C)C)C(C)C.C[C@H]1CN(c2nnc(-c3ccccc3)c3ccccc23)CCN1.C[C@H]1CN(c2nnc(-c3ccccc3)c3ccccc23)CCN1S(=O)(=O)c1ccccc1.O=S(=O)(Cl)c1ccccc1. The molecule has 2 aliphatic rings. The Hall–Kier alpha value is -6.33. The zero-order valence-electron chi connectivity index (χ0n) is 43.3. The molecule has 0 amide bonds. The van der Waals surface area contributed by atoms with Crippen molar-refractivity contribution in [3.8, 4) is 22.5 Å². The summed E-state index contributed by atoms with van der Waals surface area (Å²) < 4.78 is 49.1. The first-order valence-corrected chi connectivity index (χ1v) is 29.0. The van der Waals surface area contributed by atoms with Crippen molar-refractivity contribution in [2.24, 2.45) is 0 Å². The van der Waals surface area contributed by atoms with Crippen LogP contribution in [-0.2, 0) is 19.1 Å². The largest absolute Gasteiger partial charge is 0.352 e. The molecule has 0 aliphatic carbocycles. The molecule has 6 aromatic carbocycles. The van der Waals surface area contributed by atoms with E-state index in [1.807, 2.05) is 73.7 Å². The molecule has 2 aliphatic heterocycles. The lowest BCUT2D eigenvalue weighted by Crippen LogP contribution is -2.54. The van der Waals surface area contributed by atoms with Gasteiger partial charge < -0.3 is 15.1 Å². The number of nitrogens with one attached hydrogen (secondary N) is 1.